The van der Waals surface area contributed by atoms with Crippen LogP contribution < -0.4 is 0 Å². The van der Waals surface area contributed by atoms with E-state index >= 15 is 0 Å². The Bertz CT molecular complexity index is 576. The summed E-state index contributed by atoms with van der Waals surface area (Å²) in [5, 5.41) is 8.91. The summed E-state index contributed by atoms with van der Waals surface area (Å²) in [6.07, 6.45) is 4.14. The van der Waals surface area contributed by atoms with E-state index in [2.05, 4.69) is 12.2 Å². The van der Waals surface area contributed by atoms with E-state index < -0.39 is 5.97 Å². The summed E-state index contributed by atoms with van der Waals surface area (Å²) in [5.74, 6) is -0.0694. The van der Waals surface area contributed by atoms with Gasteiger partial charge in [-0.1, -0.05) is 48.6 Å². The predicted molar refractivity (Wildman–Crippen MR) is 79.6 cm³/mol. The highest BCUT2D eigenvalue weighted by Crippen LogP contribution is 2.19. The van der Waals surface area contributed by atoms with Crippen molar-refractivity contribution in [2.45, 2.75) is 4.90 Å². The number of carboxylic acids is 1. The van der Waals surface area contributed by atoms with Crippen molar-refractivity contribution >= 4 is 23.8 Å². The molecule has 96 valence electrons. The maximum atomic E-state index is 10.8. The summed E-state index contributed by atoms with van der Waals surface area (Å²) in [7, 11) is 0. The molecule has 0 saturated heterocycles. The van der Waals surface area contributed by atoms with E-state index in [0.29, 0.717) is 5.56 Å². The number of carboxylic acid groups (broad SMARTS) is 1. The fraction of sp³-hybridized carbons (Fsp3) is 0.0625. The Kier molecular flexibility index (Phi) is 4.81. The van der Waals surface area contributed by atoms with Crippen LogP contribution in [-0.4, -0.2) is 16.8 Å². The Morgan fingerprint density at radius 2 is 1.89 bits per heavy atom. The first-order chi connectivity index (χ1) is 9.25. The molecule has 2 aromatic carbocycles. The average Bonchev–Trinajstić information content (AvgIpc) is 2.45. The van der Waals surface area contributed by atoms with Crippen LogP contribution in [0, 0.1) is 0 Å². The minimum absolute atomic E-state index is 0.331. The highest BCUT2D eigenvalue weighted by molar-refractivity contribution is 7.99. The molecule has 0 aromatic heterocycles. The van der Waals surface area contributed by atoms with Gasteiger partial charge in [-0.2, -0.15) is 0 Å². The van der Waals surface area contributed by atoms with Gasteiger partial charge in [-0.15, -0.1) is 11.8 Å². The molecular formula is C16H14O2S. The van der Waals surface area contributed by atoms with Crippen molar-refractivity contribution in [3.8, 4) is 0 Å². The second-order valence-electron chi connectivity index (χ2n) is 3.96. The highest BCUT2D eigenvalue weighted by atomic mass is 32.2. The van der Waals surface area contributed by atoms with Crippen molar-refractivity contribution in [2.24, 2.45) is 0 Å². The van der Waals surface area contributed by atoms with Gasteiger partial charge in [0.1, 0.15) is 0 Å². The minimum atomic E-state index is -0.887. The predicted octanol–water partition coefficient (Wildman–Crippen LogP) is 4.19. The van der Waals surface area contributed by atoms with Gasteiger partial charge < -0.3 is 5.11 Å². The van der Waals surface area contributed by atoms with Gasteiger partial charge in [0.05, 0.1) is 5.56 Å². The Labute approximate surface area is 116 Å². The van der Waals surface area contributed by atoms with Gasteiger partial charge in [-0.25, -0.2) is 4.79 Å². The molecule has 2 nitrogen and oxygen atoms in total. The highest BCUT2D eigenvalue weighted by Gasteiger charge is 2.02. The molecule has 0 aliphatic carbocycles. The number of thioether (sulfide) groups is 1. The van der Waals surface area contributed by atoms with Crippen LogP contribution in [0.2, 0.25) is 0 Å². The zero-order valence-electron chi connectivity index (χ0n) is 10.3. The normalized spacial score (nSPS) is 10.7. The first-order valence-electron chi connectivity index (χ1n) is 5.93. The Morgan fingerprint density at radius 1 is 1.11 bits per heavy atom. The lowest BCUT2D eigenvalue weighted by Crippen LogP contribution is -1.95. The maximum absolute atomic E-state index is 10.8. The summed E-state index contributed by atoms with van der Waals surface area (Å²) < 4.78 is 0. The van der Waals surface area contributed by atoms with E-state index in [0.717, 1.165) is 10.6 Å². The van der Waals surface area contributed by atoms with Crippen LogP contribution in [0.25, 0.3) is 6.08 Å². The van der Waals surface area contributed by atoms with Crippen molar-refractivity contribution < 1.29 is 9.90 Å². The third kappa shape index (κ3) is 4.30. The van der Waals surface area contributed by atoms with Crippen LogP contribution in [0.1, 0.15) is 15.9 Å². The first-order valence-corrected chi connectivity index (χ1v) is 6.92. The summed E-state index contributed by atoms with van der Waals surface area (Å²) >= 11 is 1.62. The van der Waals surface area contributed by atoms with Gasteiger partial charge in [-0.05, 0) is 23.8 Å². The third-order valence-electron chi connectivity index (χ3n) is 2.54. The van der Waals surface area contributed by atoms with Crippen molar-refractivity contribution in [2.75, 3.05) is 5.75 Å². The lowest BCUT2D eigenvalue weighted by molar-refractivity contribution is 0.0696. The third-order valence-corrected chi connectivity index (χ3v) is 3.48. The molecule has 0 amide bonds. The van der Waals surface area contributed by atoms with Gasteiger partial charge in [0.2, 0.25) is 0 Å². The fourth-order valence-electron chi connectivity index (χ4n) is 1.61. The molecule has 0 aliphatic heterocycles. The van der Waals surface area contributed by atoms with Crippen LogP contribution >= 0.6 is 11.8 Å². The fourth-order valence-corrected chi connectivity index (χ4v) is 2.38. The van der Waals surface area contributed by atoms with Gasteiger partial charge in [0.15, 0.2) is 0 Å². The molecule has 0 atom stereocenters. The van der Waals surface area contributed by atoms with Gasteiger partial charge >= 0.3 is 5.97 Å². The number of aromatic carboxylic acids is 1. The minimum Gasteiger partial charge on any atom is -0.478 e. The number of benzene rings is 2. The maximum Gasteiger partial charge on any atom is 0.335 e. The van der Waals surface area contributed by atoms with E-state index in [1.54, 1.807) is 30.0 Å². The Balaban J connectivity index is 1.91. The number of rotatable bonds is 5. The molecule has 19 heavy (non-hydrogen) atoms. The Morgan fingerprint density at radius 3 is 2.63 bits per heavy atom. The molecule has 0 saturated carbocycles. The molecule has 2 rings (SSSR count). The van der Waals surface area contributed by atoms with Crippen LogP contribution in [-0.2, 0) is 0 Å². The van der Waals surface area contributed by atoms with Crippen molar-refractivity contribution in [3.63, 3.8) is 0 Å². The molecule has 1 N–H and O–H groups in total. The summed E-state index contributed by atoms with van der Waals surface area (Å²) in [5.41, 5.74) is 1.50. The number of carbonyl (C=O) groups is 1. The van der Waals surface area contributed by atoms with Gasteiger partial charge in [0, 0.05) is 10.6 Å². The largest absolute Gasteiger partial charge is 0.478 e. The van der Waals surface area contributed by atoms with E-state index in [1.165, 1.54) is 5.56 Å². The van der Waals surface area contributed by atoms with E-state index in [1.807, 2.05) is 36.4 Å². The average molecular weight is 270 g/mol. The van der Waals surface area contributed by atoms with Crippen LogP contribution in [0.3, 0.4) is 0 Å². The standard InChI is InChI=1S/C16H14O2S/c17-16(18)14-9-4-10-15(12-14)19-11-5-8-13-6-2-1-3-7-13/h1-10,12H,11H2,(H,17,18). The van der Waals surface area contributed by atoms with Gasteiger partial charge in [0.25, 0.3) is 0 Å². The second kappa shape index (κ2) is 6.81. The van der Waals surface area contributed by atoms with E-state index in [-0.39, 0.29) is 0 Å². The zero-order valence-corrected chi connectivity index (χ0v) is 11.1. The molecule has 0 bridgehead atoms. The zero-order chi connectivity index (χ0) is 13.5. The number of hydrogen-bond donors (Lipinski definition) is 1. The summed E-state index contributed by atoms with van der Waals surface area (Å²) in [4.78, 5) is 11.8. The SMILES string of the molecule is O=C(O)c1cccc(SCC=Cc2ccccc2)c1. The molecular weight excluding hydrogens is 256 g/mol. The lowest BCUT2D eigenvalue weighted by Gasteiger charge is -2.00. The molecule has 0 heterocycles. The molecule has 0 spiro atoms. The summed E-state index contributed by atoms with van der Waals surface area (Å²) in [6, 6.07) is 17.1. The summed E-state index contributed by atoms with van der Waals surface area (Å²) in [6.45, 7) is 0. The molecule has 0 radical (unpaired) electrons. The molecule has 0 fully saturated rings. The second-order valence-corrected chi connectivity index (χ2v) is 5.05. The number of hydrogen-bond acceptors (Lipinski definition) is 2. The molecule has 3 heteroatoms. The quantitative estimate of drug-likeness (QED) is 0.828. The van der Waals surface area contributed by atoms with Crippen molar-refractivity contribution in [3.05, 3.63) is 71.8 Å². The van der Waals surface area contributed by atoms with Gasteiger partial charge in [-0.3, -0.25) is 0 Å². The van der Waals surface area contributed by atoms with Crippen molar-refractivity contribution in [1.82, 2.24) is 0 Å². The molecule has 2 aromatic rings. The smallest absolute Gasteiger partial charge is 0.335 e. The van der Waals surface area contributed by atoms with E-state index in [4.69, 9.17) is 5.11 Å². The molecule has 0 unspecified atom stereocenters. The monoisotopic (exact) mass is 270 g/mol. The van der Waals surface area contributed by atoms with Crippen molar-refractivity contribution in [1.29, 1.82) is 0 Å². The topological polar surface area (TPSA) is 37.3 Å². The molecule has 0 aliphatic rings. The Hall–Kier alpha value is -2.00. The lowest BCUT2D eigenvalue weighted by atomic mass is 10.2. The van der Waals surface area contributed by atoms with Crippen LogP contribution in [0.15, 0.2) is 65.6 Å². The van der Waals surface area contributed by atoms with E-state index in [9.17, 15) is 4.79 Å². The van der Waals surface area contributed by atoms with Crippen LogP contribution in [0.5, 0.6) is 0 Å². The van der Waals surface area contributed by atoms with Crippen LogP contribution in [0.4, 0.5) is 0 Å². The first kappa shape index (κ1) is 13.4.